The van der Waals surface area contributed by atoms with Gasteiger partial charge in [0, 0.05) is 21.8 Å². The number of nitriles is 1. The second kappa shape index (κ2) is 8.76. The lowest BCUT2D eigenvalue weighted by Gasteiger charge is -2.07. The molecule has 0 saturated carbocycles. The first-order valence-corrected chi connectivity index (χ1v) is 9.40. The average Bonchev–Trinajstić information content (AvgIpc) is 3.00. The minimum absolute atomic E-state index is 0.0433. The molecule has 3 rings (SSSR count). The van der Waals surface area contributed by atoms with E-state index in [-0.39, 0.29) is 11.4 Å². The number of ether oxygens (including phenoxy) is 1. The van der Waals surface area contributed by atoms with E-state index >= 15 is 0 Å². The largest absolute Gasteiger partial charge is 0.497 e. The predicted octanol–water partition coefficient (Wildman–Crippen LogP) is 5.00. The number of rotatable bonds is 6. The van der Waals surface area contributed by atoms with Crippen molar-refractivity contribution in [3.8, 4) is 11.8 Å². The number of carbonyl (C=O) groups excluding carboxylic acids is 1. The lowest BCUT2D eigenvalue weighted by Crippen LogP contribution is -2.05. The number of hydrogen-bond donors (Lipinski definition) is 0. The van der Waals surface area contributed by atoms with E-state index in [9.17, 15) is 10.1 Å². The quantitative estimate of drug-likeness (QED) is 0.329. The normalized spacial score (nSPS) is 11.2. The van der Waals surface area contributed by atoms with E-state index < -0.39 is 0 Å². The van der Waals surface area contributed by atoms with Crippen molar-refractivity contribution in [2.45, 2.75) is 20.4 Å². The third-order valence-electron chi connectivity index (χ3n) is 4.70. The fourth-order valence-electron chi connectivity index (χ4n) is 3.07. The van der Waals surface area contributed by atoms with Gasteiger partial charge in [-0.1, -0.05) is 41.9 Å². The molecule has 6 heteroatoms. The maximum absolute atomic E-state index is 12.8. The first-order valence-electron chi connectivity index (χ1n) is 9.02. The van der Waals surface area contributed by atoms with Crippen molar-refractivity contribution in [1.82, 2.24) is 9.78 Å². The highest BCUT2D eigenvalue weighted by Crippen LogP contribution is 2.23. The number of aryl methyl sites for hydroxylation is 1. The summed E-state index contributed by atoms with van der Waals surface area (Å²) < 4.78 is 6.99. The molecule has 3 aromatic rings. The van der Waals surface area contributed by atoms with Gasteiger partial charge in [-0.15, -0.1) is 0 Å². The van der Waals surface area contributed by atoms with Crippen LogP contribution in [0.4, 0.5) is 0 Å². The topological polar surface area (TPSA) is 67.9 Å². The molecule has 146 valence electrons. The van der Waals surface area contributed by atoms with Gasteiger partial charge < -0.3 is 4.74 Å². The SMILES string of the molecule is COc1cccc(C(=O)/C(C#N)=C/c2c(C)nn(Cc3ccccc3Cl)c2C)c1. The lowest BCUT2D eigenvalue weighted by molar-refractivity contribution is 0.103. The minimum atomic E-state index is -0.357. The monoisotopic (exact) mass is 405 g/mol. The van der Waals surface area contributed by atoms with Gasteiger partial charge in [0.25, 0.3) is 0 Å². The maximum Gasteiger partial charge on any atom is 0.203 e. The summed E-state index contributed by atoms with van der Waals surface area (Å²) in [6, 6.07) is 16.4. The second-order valence-electron chi connectivity index (χ2n) is 6.56. The molecule has 0 aliphatic rings. The highest BCUT2D eigenvalue weighted by atomic mass is 35.5. The number of methoxy groups -OCH3 is 1. The average molecular weight is 406 g/mol. The molecule has 2 aromatic carbocycles. The number of ketones is 1. The van der Waals surface area contributed by atoms with Crippen molar-refractivity contribution in [3.63, 3.8) is 0 Å². The smallest absolute Gasteiger partial charge is 0.203 e. The summed E-state index contributed by atoms with van der Waals surface area (Å²) >= 11 is 6.26. The molecule has 0 aliphatic heterocycles. The second-order valence-corrected chi connectivity index (χ2v) is 6.97. The van der Waals surface area contributed by atoms with Gasteiger partial charge in [0.1, 0.15) is 17.4 Å². The number of carbonyl (C=O) groups is 1. The lowest BCUT2D eigenvalue weighted by atomic mass is 10.0. The zero-order valence-electron chi connectivity index (χ0n) is 16.4. The summed E-state index contributed by atoms with van der Waals surface area (Å²) in [4.78, 5) is 12.8. The molecule has 0 saturated heterocycles. The molecule has 0 radical (unpaired) electrons. The Bertz CT molecular complexity index is 1140. The maximum atomic E-state index is 12.8. The van der Waals surface area contributed by atoms with Crippen LogP contribution in [0.3, 0.4) is 0 Å². The van der Waals surface area contributed by atoms with Gasteiger partial charge in [-0.3, -0.25) is 9.48 Å². The molecule has 0 unspecified atom stereocenters. The number of allylic oxidation sites excluding steroid dienone is 1. The Kier molecular flexibility index (Phi) is 6.16. The van der Waals surface area contributed by atoms with Gasteiger partial charge in [-0.2, -0.15) is 10.4 Å². The summed E-state index contributed by atoms with van der Waals surface area (Å²) in [5.41, 5.74) is 3.74. The van der Waals surface area contributed by atoms with Crippen molar-refractivity contribution in [2.24, 2.45) is 0 Å². The number of benzene rings is 2. The van der Waals surface area contributed by atoms with Crippen LogP contribution in [-0.2, 0) is 6.54 Å². The number of aromatic nitrogens is 2. The van der Waals surface area contributed by atoms with Gasteiger partial charge in [-0.05, 0) is 43.7 Å². The molecule has 0 N–H and O–H groups in total. The summed E-state index contributed by atoms with van der Waals surface area (Å²) in [7, 11) is 1.53. The Morgan fingerprint density at radius 2 is 2.00 bits per heavy atom. The molecule has 0 bridgehead atoms. The highest BCUT2D eigenvalue weighted by Gasteiger charge is 2.17. The fraction of sp³-hybridized carbons (Fsp3) is 0.174. The van der Waals surface area contributed by atoms with Crippen molar-refractivity contribution < 1.29 is 9.53 Å². The fourth-order valence-corrected chi connectivity index (χ4v) is 3.27. The van der Waals surface area contributed by atoms with Crippen LogP contribution in [0.5, 0.6) is 5.75 Å². The van der Waals surface area contributed by atoms with Gasteiger partial charge in [-0.25, -0.2) is 0 Å². The van der Waals surface area contributed by atoms with Crippen LogP contribution in [0, 0.1) is 25.2 Å². The van der Waals surface area contributed by atoms with E-state index in [4.69, 9.17) is 16.3 Å². The Morgan fingerprint density at radius 1 is 1.24 bits per heavy atom. The standard InChI is InChI=1S/C23H20ClN3O2/c1-15-21(16(2)27(26-15)14-18-7-4-5-10-22(18)24)12-19(13-25)23(28)17-8-6-9-20(11-17)29-3/h4-12H,14H2,1-3H3/b19-12+. The highest BCUT2D eigenvalue weighted by molar-refractivity contribution is 6.31. The predicted molar refractivity (Wildman–Crippen MR) is 113 cm³/mol. The third-order valence-corrected chi connectivity index (χ3v) is 5.07. The van der Waals surface area contributed by atoms with Gasteiger partial charge >= 0.3 is 0 Å². The van der Waals surface area contributed by atoms with Crippen molar-refractivity contribution in [3.05, 3.63) is 87.2 Å². The molecule has 0 aliphatic carbocycles. The van der Waals surface area contributed by atoms with E-state index in [1.165, 1.54) is 7.11 Å². The van der Waals surface area contributed by atoms with E-state index in [2.05, 4.69) is 5.10 Å². The molecule has 0 fully saturated rings. The van der Waals surface area contributed by atoms with Gasteiger partial charge in [0.15, 0.2) is 0 Å². The van der Waals surface area contributed by atoms with Crippen molar-refractivity contribution in [2.75, 3.05) is 7.11 Å². The van der Waals surface area contributed by atoms with Crippen LogP contribution in [0.15, 0.2) is 54.1 Å². The van der Waals surface area contributed by atoms with E-state index in [0.29, 0.717) is 22.9 Å². The zero-order chi connectivity index (χ0) is 21.0. The van der Waals surface area contributed by atoms with Crippen LogP contribution in [-0.4, -0.2) is 22.7 Å². The molecule has 0 spiro atoms. The summed E-state index contributed by atoms with van der Waals surface area (Å²) in [6.45, 7) is 4.27. The molecule has 5 nitrogen and oxygen atoms in total. The molecule has 0 amide bonds. The van der Waals surface area contributed by atoms with Crippen molar-refractivity contribution in [1.29, 1.82) is 5.26 Å². The minimum Gasteiger partial charge on any atom is -0.497 e. The Morgan fingerprint density at radius 3 is 2.69 bits per heavy atom. The molecule has 1 aromatic heterocycles. The van der Waals surface area contributed by atoms with Crippen LogP contribution >= 0.6 is 11.6 Å². The molecule has 0 atom stereocenters. The Hall–Kier alpha value is -3.36. The van der Waals surface area contributed by atoms with Crippen LogP contribution < -0.4 is 4.74 Å². The molecular formula is C23H20ClN3O2. The van der Waals surface area contributed by atoms with Crippen molar-refractivity contribution >= 4 is 23.5 Å². The van der Waals surface area contributed by atoms with Crippen LogP contribution in [0.2, 0.25) is 5.02 Å². The summed E-state index contributed by atoms with van der Waals surface area (Å²) in [5.74, 6) is 0.206. The Balaban J connectivity index is 1.96. The molecular weight excluding hydrogens is 386 g/mol. The summed E-state index contributed by atoms with van der Waals surface area (Å²) in [5, 5.41) is 14.8. The molecule has 1 heterocycles. The number of nitrogens with zero attached hydrogens (tertiary/aromatic N) is 3. The van der Waals surface area contributed by atoms with E-state index in [1.807, 2.05) is 48.9 Å². The Labute approximate surface area is 174 Å². The van der Waals surface area contributed by atoms with Crippen LogP contribution in [0.25, 0.3) is 6.08 Å². The van der Waals surface area contributed by atoms with Crippen LogP contribution in [0.1, 0.15) is 32.9 Å². The first-order chi connectivity index (χ1) is 13.9. The van der Waals surface area contributed by atoms with E-state index in [0.717, 1.165) is 22.5 Å². The first kappa shape index (κ1) is 20.4. The van der Waals surface area contributed by atoms with E-state index in [1.54, 1.807) is 30.3 Å². The summed E-state index contributed by atoms with van der Waals surface area (Å²) in [6.07, 6.45) is 1.60. The number of halogens is 1. The number of hydrogen-bond acceptors (Lipinski definition) is 4. The third kappa shape index (κ3) is 4.39. The van der Waals surface area contributed by atoms with Gasteiger partial charge in [0.05, 0.1) is 19.3 Å². The zero-order valence-corrected chi connectivity index (χ0v) is 17.2. The molecule has 29 heavy (non-hydrogen) atoms. The van der Waals surface area contributed by atoms with Gasteiger partial charge in [0.2, 0.25) is 5.78 Å². The number of Topliss-reactive ketones (excluding diaryl/α,β-unsaturated/α-hetero) is 1.